The van der Waals surface area contributed by atoms with Crippen LogP contribution < -0.4 is 15.8 Å². The lowest BCUT2D eigenvalue weighted by Gasteiger charge is -2.29. The highest BCUT2D eigenvalue weighted by Gasteiger charge is 2.26. The summed E-state index contributed by atoms with van der Waals surface area (Å²) in [5, 5.41) is 3.10. The molecule has 4 nitrogen and oxygen atoms in total. The summed E-state index contributed by atoms with van der Waals surface area (Å²) in [5.74, 6) is 1.02. The van der Waals surface area contributed by atoms with Gasteiger partial charge in [-0.05, 0) is 30.0 Å². The quantitative estimate of drug-likeness (QED) is 0.876. The van der Waals surface area contributed by atoms with E-state index in [0.29, 0.717) is 13.0 Å². The average molecular weight is 290 g/mol. The van der Waals surface area contributed by atoms with Crippen LogP contribution in [0.4, 0.5) is 0 Å². The van der Waals surface area contributed by atoms with Crippen molar-refractivity contribution < 1.29 is 9.53 Å². The molecule has 2 rings (SSSR count). The second kappa shape index (κ2) is 6.94. The molecule has 0 radical (unpaired) electrons. The Morgan fingerprint density at radius 1 is 1.43 bits per heavy atom. The number of hydrogen-bond acceptors (Lipinski definition) is 3. The van der Waals surface area contributed by atoms with Crippen molar-refractivity contribution in [3.63, 3.8) is 0 Å². The highest BCUT2D eigenvalue weighted by atomic mass is 16.5. The SMILES string of the molecule is CCC(=O)NC1CCOc2c(CC)cc(C(N)CC)cc21. The van der Waals surface area contributed by atoms with Crippen molar-refractivity contribution in [3.05, 3.63) is 28.8 Å². The Morgan fingerprint density at radius 3 is 2.81 bits per heavy atom. The molecule has 1 aromatic rings. The Balaban J connectivity index is 2.42. The van der Waals surface area contributed by atoms with Crippen LogP contribution in [-0.2, 0) is 11.2 Å². The summed E-state index contributed by atoms with van der Waals surface area (Å²) in [6.45, 7) is 6.72. The molecule has 3 N–H and O–H groups in total. The second-order valence-corrected chi connectivity index (χ2v) is 5.58. The second-order valence-electron chi connectivity index (χ2n) is 5.58. The largest absolute Gasteiger partial charge is 0.493 e. The highest BCUT2D eigenvalue weighted by Crippen LogP contribution is 2.37. The number of aryl methyl sites for hydroxylation is 1. The standard InChI is InChI=1S/C17H26N2O2/c1-4-11-9-12(14(18)5-2)10-13-15(19-16(20)6-3)7-8-21-17(11)13/h9-10,14-15H,4-8,18H2,1-3H3,(H,19,20). The topological polar surface area (TPSA) is 64.3 Å². The summed E-state index contributed by atoms with van der Waals surface area (Å²) in [7, 11) is 0. The maximum absolute atomic E-state index is 11.7. The van der Waals surface area contributed by atoms with Crippen LogP contribution in [0.5, 0.6) is 5.75 Å². The summed E-state index contributed by atoms with van der Waals surface area (Å²) in [6, 6.07) is 4.33. The van der Waals surface area contributed by atoms with Gasteiger partial charge in [-0.15, -0.1) is 0 Å². The third kappa shape index (κ3) is 3.38. The molecule has 4 heteroatoms. The fourth-order valence-corrected chi connectivity index (χ4v) is 2.77. The van der Waals surface area contributed by atoms with Gasteiger partial charge in [0.25, 0.3) is 0 Å². The normalized spacial score (nSPS) is 18.6. The number of carbonyl (C=O) groups excluding carboxylic acids is 1. The van der Waals surface area contributed by atoms with Gasteiger partial charge in [0.15, 0.2) is 0 Å². The number of rotatable bonds is 5. The van der Waals surface area contributed by atoms with Crippen LogP contribution in [0.2, 0.25) is 0 Å². The van der Waals surface area contributed by atoms with Crippen LogP contribution >= 0.6 is 0 Å². The summed E-state index contributed by atoms with van der Waals surface area (Å²) >= 11 is 0. The van der Waals surface area contributed by atoms with Crippen LogP contribution in [0, 0.1) is 0 Å². The number of carbonyl (C=O) groups is 1. The van der Waals surface area contributed by atoms with E-state index >= 15 is 0 Å². The number of amides is 1. The zero-order chi connectivity index (χ0) is 15.4. The molecule has 2 atom stereocenters. The Labute approximate surface area is 127 Å². The molecule has 1 heterocycles. The van der Waals surface area contributed by atoms with E-state index in [0.717, 1.165) is 36.1 Å². The lowest BCUT2D eigenvalue weighted by molar-refractivity contribution is -0.121. The summed E-state index contributed by atoms with van der Waals surface area (Å²) in [5.41, 5.74) is 9.60. The number of fused-ring (bicyclic) bond motifs is 1. The van der Waals surface area contributed by atoms with E-state index in [9.17, 15) is 4.79 Å². The van der Waals surface area contributed by atoms with Crippen LogP contribution in [0.3, 0.4) is 0 Å². The molecule has 2 unspecified atom stereocenters. The molecule has 0 bridgehead atoms. The highest BCUT2D eigenvalue weighted by molar-refractivity contribution is 5.76. The van der Waals surface area contributed by atoms with Gasteiger partial charge < -0.3 is 15.8 Å². The molecule has 1 amide bonds. The van der Waals surface area contributed by atoms with E-state index in [2.05, 4.69) is 31.3 Å². The predicted octanol–water partition coefficient (Wildman–Crippen LogP) is 3.01. The molecular weight excluding hydrogens is 264 g/mol. The minimum atomic E-state index is 0.0325. The fraction of sp³-hybridized carbons (Fsp3) is 0.588. The summed E-state index contributed by atoms with van der Waals surface area (Å²) in [4.78, 5) is 11.7. The number of nitrogens with two attached hydrogens (primary N) is 1. The zero-order valence-corrected chi connectivity index (χ0v) is 13.2. The van der Waals surface area contributed by atoms with Crippen LogP contribution in [0.15, 0.2) is 12.1 Å². The third-order valence-electron chi connectivity index (χ3n) is 4.15. The van der Waals surface area contributed by atoms with Crippen molar-refractivity contribution in [2.75, 3.05) is 6.61 Å². The molecule has 21 heavy (non-hydrogen) atoms. The predicted molar refractivity (Wildman–Crippen MR) is 84.3 cm³/mol. The van der Waals surface area contributed by atoms with Crippen molar-refractivity contribution in [3.8, 4) is 5.75 Å². The van der Waals surface area contributed by atoms with Gasteiger partial charge in [0.2, 0.25) is 5.91 Å². The van der Waals surface area contributed by atoms with E-state index in [4.69, 9.17) is 10.5 Å². The number of benzene rings is 1. The first-order valence-corrected chi connectivity index (χ1v) is 7.95. The van der Waals surface area contributed by atoms with Crippen molar-refractivity contribution in [2.45, 2.75) is 58.5 Å². The molecule has 116 valence electrons. The molecule has 0 aromatic heterocycles. The van der Waals surface area contributed by atoms with Gasteiger partial charge in [0, 0.05) is 24.4 Å². The number of nitrogens with one attached hydrogen (secondary N) is 1. The molecule has 0 spiro atoms. The minimum absolute atomic E-state index is 0.0325. The van der Waals surface area contributed by atoms with Crippen molar-refractivity contribution in [1.82, 2.24) is 5.32 Å². The van der Waals surface area contributed by atoms with Gasteiger partial charge in [-0.1, -0.05) is 26.8 Å². The van der Waals surface area contributed by atoms with E-state index in [1.165, 1.54) is 5.56 Å². The van der Waals surface area contributed by atoms with Gasteiger partial charge in [-0.25, -0.2) is 0 Å². The molecule has 1 aromatic carbocycles. The van der Waals surface area contributed by atoms with Gasteiger partial charge in [-0.3, -0.25) is 4.79 Å². The van der Waals surface area contributed by atoms with E-state index in [1.807, 2.05) is 6.92 Å². The third-order valence-corrected chi connectivity index (χ3v) is 4.15. The maximum atomic E-state index is 11.7. The minimum Gasteiger partial charge on any atom is -0.493 e. The van der Waals surface area contributed by atoms with Crippen molar-refractivity contribution in [2.24, 2.45) is 5.73 Å². The molecule has 0 fully saturated rings. The van der Waals surface area contributed by atoms with E-state index in [-0.39, 0.29) is 18.0 Å². The van der Waals surface area contributed by atoms with Crippen LogP contribution in [-0.4, -0.2) is 12.5 Å². The molecule has 0 saturated carbocycles. The Hall–Kier alpha value is -1.55. The average Bonchev–Trinajstić information content (AvgIpc) is 2.53. The summed E-state index contributed by atoms with van der Waals surface area (Å²) in [6.07, 6.45) is 3.12. The summed E-state index contributed by atoms with van der Waals surface area (Å²) < 4.78 is 5.87. The monoisotopic (exact) mass is 290 g/mol. The zero-order valence-electron chi connectivity index (χ0n) is 13.2. The first-order chi connectivity index (χ1) is 10.1. The Kier molecular flexibility index (Phi) is 5.23. The Morgan fingerprint density at radius 2 is 2.19 bits per heavy atom. The molecule has 1 aliphatic rings. The van der Waals surface area contributed by atoms with Crippen LogP contribution in [0.1, 0.15) is 68.8 Å². The fourth-order valence-electron chi connectivity index (χ4n) is 2.77. The van der Waals surface area contributed by atoms with Gasteiger partial charge in [0.05, 0.1) is 12.6 Å². The lowest BCUT2D eigenvalue weighted by atomic mass is 9.91. The number of hydrogen-bond donors (Lipinski definition) is 2. The lowest BCUT2D eigenvalue weighted by Crippen LogP contribution is -2.32. The molecule has 1 aliphatic heterocycles. The first-order valence-electron chi connectivity index (χ1n) is 7.95. The number of ether oxygens (including phenoxy) is 1. The van der Waals surface area contributed by atoms with Crippen molar-refractivity contribution in [1.29, 1.82) is 0 Å². The maximum Gasteiger partial charge on any atom is 0.220 e. The van der Waals surface area contributed by atoms with E-state index in [1.54, 1.807) is 0 Å². The molecule has 0 aliphatic carbocycles. The van der Waals surface area contributed by atoms with Gasteiger partial charge in [-0.2, -0.15) is 0 Å². The van der Waals surface area contributed by atoms with Gasteiger partial charge >= 0.3 is 0 Å². The molecular formula is C17H26N2O2. The molecule has 0 saturated heterocycles. The van der Waals surface area contributed by atoms with Crippen LogP contribution in [0.25, 0.3) is 0 Å². The van der Waals surface area contributed by atoms with Crippen molar-refractivity contribution >= 4 is 5.91 Å². The smallest absolute Gasteiger partial charge is 0.220 e. The van der Waals surface area contributed by atoms with Gasteiger partial charge in [0.1, 0.15) is 5.75 Å². The first kappa shape index (κ1) is 15.8. The Bertz CT molecular complexity index is 514. The van der Waals surface area contributed by atoms with E-state index < -0.39 is 0 Å².